The van der Waals surface area contributed by atoms with Crippen molar-refractivity contribution in [2.75, 3.05) is 11.5 Å². The number of thiophene rings is 1. The van der Waals surface area contributed by atoms with Crippen LogP contribution in [-0.4, -0.2) is 24.4 Å². The zero-order valence-electron chi connectivity index (χ0n) is 19.5. The van der Waals surface area contributed by atoms with Crippen molar-refractivity contribution in [1.29, 1.82) is 0 Å². The van der Waals surface area contributed by atoms with E-state index in [-0.39, 0.29) is 30.3 Å². The van der Waals surface area contributed by atoms with Crippen LogP contribution < -0.4 is 4.90 Å². The Morgan fingerprint density at radius 1 is 0.886 bits per heavy atom. The molecule has 35 heavy (non-hydrogen) atoms. The summed E-state index contributed by atoms with van der Waals surface area (Å²) in [5.41, 5.74) is 6.01. The quantitative estimate of drug-likeness (QED) is 0.379. The minimum absolute atomic E-state index is 0.153. The summed E-state index contributed by atoms with van der Waals surface area (Å²) in [6, 6.07) is 16.5. The molecular formula is C29H25NO4S. The first-order chi connectivity index (χ1) is 17.1. The van der Waals surface area contributed by atoms with Crippen molar-refractivity contribution in [2.24, 2.45) is 11.8 Å². The lowest BCUT2D eigenvalue weighted by atomic mass is 9.55. The number of amides is 2. The average Bonchev–Trinajstić information content (AvgIpc) is 3.39. The predicted octanol–water partition coefficient (Wildman–Crippen LogP) is 5.20. The van der Waals surface area contributed by atoms with Gasteiger partial charge < -0.3 is 4.74 Å². The SMILES string of the molecule is CCOC(=O)c1c(N2C(=O)[C@@H]3C4c5ccccc5C(c5ccccc54)[C@@H]3C2=O)sc2c1CCCC2. The summed E-state index contributed by atoms with van der Waals surface area (Å²) in [4.78, 5) is 43.9. The summed E-state index contributed by atoms with van der Waals surface area (Å²) < 4.78 is 5.42. The van der Waals surface area contributed by atoms with Crippen LogP contribution in [0.5, 0.6) is 0 Å². The van der Waals surface area contributed by atoms with Crippen LogP contribution in [0.25, 0.3) is 0 Å². The van der Waals surface area contributed by atoms with Crippen molar-refractivity contribution in [3.8, 4) is 0 Å². The summed E-state index contributed by atoms with van der Waals surface area (Å²) >= 11 is 1.44. The fourth-order valence-electron chi connectivity index (χ4n) is 7.00. The molecule has 5 aliphatic rings. The molecule has 1 fully saturated rings. The molecule has 5 nitrogen and oxygen atoms in total. The number of imide groups is 1. The van der Waals surface area contributed by atoms with Crippen LogP contribution in [0.4, 0.5) is 5.00 Å². The van der Waals surface area contributed by atoms with E-state index in [2.05, 4.69) is 24.3 Å². The molecule has 2 amide bonds. The molecule has 2 bridgehead atoms. The molecule has 0 N–H and O–H groups in total. The van der Waals surface area contributed by atoms with Crippen LogP contribution in [0.15, 0.2) is 48.5 Å². The molecule has 1 aliphatic heterocycles. The van der Waals surface area contributed by atoms with E-state index < -0.39 is 17.8 Å². The number of hydrogen-bond acceptors (Lipinski definition) is 5. The summed E-state index contributed by atoms with van der Waals surface area (Å²) in [7, 11) is 0. The first-order valence-corrected chi connectivity index (χ1v) is 13.3. The zero-order valence-corrected chi connectivity index (χ0v) is 20.3. The molecule has 0 radical (unpaired) electrons. The molecular weight excluding hydrogens is 458 g/mol. The third kappa shape index (κ3) is 2.72. The van der Waals surface area contributed by atoms with Gasteiger partial charge in [-0.2, -0.15) is 0 Å². The highest BCUT2D eigenvalue weighted by atomic mass is 32.1. The summed E-state index contributed by atoms with van der Waals surface area (Å²) in [6.07, 6.45) is 3.71. The van der Waals surface area contributed by atoms with Gasteiger partial charge in [-0.05, 0) is 60.4 Å². The molecule has 2 aromatic carbocycles. The fraction of sp³-hybridized carbons (Fsp3) is 0.345. The summed E-state index contributed by atoms with van der Waals surface area (Å²) in [5, 5.41) is 0.479. The van der Waals surface area contributed by atoms with Crippen LogP contribution in [0.2, 0.25) is 0 Å². The number of ether oxygens (including phenoxy) is 1. The van der Waals surface area contributed by atoms with Crippen LogP contribution in [0.1, 0.15) is 74.7 Å². The van der Waals surface area contributed by atoms with Gasteiger partial charge in [-0.3, -0.25) is 9.59 Å². The number of nitrogens with zero attached hydrogens (tertiary/aromatic N) is 1. The molecule has 3 aromatic rings. The lowest BCUT2D eigenvalue weighted by Crippen LogP contribution is -2.41. The molecule has 8 rings (SSSR count). The van der Waals surface area contributed by atoms with Gasteiger partial charge >= 0.3 is 5.97 Å². The number of rotatable bonds is 3. The van der Waals surface area contributed by atoms with Gasteiger partial charge in [-0.25, -0.2) is 9.69 Å². The Bertz CT molecular complexity index is 1310. The minimum atomic E-state index is -0.452. The fourth-order valence-corrected chi connectivity index (χ4v) is 8.39. The standard InChI is InChI=1S/C29H25NO4S/c1-2-34-29(33)23-19-13-7-8-14-20(19)35-28(23)30-26(31)24-21-15-9-3-4-10-16(15)22(25(24)27(30)32)18-12-6-5-11-17(18)21/h3-6,9-12,21-22,24-25H,2,7-8,13-14H2,1H3/t21?,22?,24-,25+. The van der Waals surface area contributed by atoms with Gasteiger partial charge in [-0.15, -0.1) is 11.3 Å². The largest absolute Gasteiger partial charge is 0.462 e. The van der Waals surface area contributed by atoms with E-state index in [0.717, 1.165) is 58.4 Å². The number of aryl methyl sites for hydroxylation is 1. The second-order valence-electron chi connectivity index (χ2n) is 9.89. The predicted molar refractivity (Wildman–Crippen MR) is 133 cm³/mol. The van der Waals surface area contributed by atoms with E-state index in [1.54, 1.807) is 6.92 Å². The lowest BCUT2D eigenvalue weighted by Gasteiger charge is -2.45. The van der Waals surface area contributed by atoms with Crippen LogP contribution >= 0.6 is 11.3 Å². The Balaban J connectivity index is 1.41. The molecule has 6 heteroatoms. The monoisotopic (exact) mass is 483 g/mol. The van der Waals surface area contributed by atoms with E-state index in [1.807, 2.05) is 24.3 Å². The third-order valence-corrected chi connectivity index (χ3v) is 9.56. The van der Waals surface area contributed by atoms with Gasteiger partial charge in [0.15, 0.2) is 0 Å². The number of carbonyl (C=O) groups is 3. The number of fused-ring (bicyclic) bond motifs is 1. The smallest absolute Gasteiger partial charge is 0.341 e. The average molecular weight is 484 g/mol. The lowest BCUT2D eigenvalue weighted by molar-refractivity contribution is -0.122. The van der Waals surface area contributed by atoms with Gasteiger partial charge in [-0.1, -0.05) is 48.5 Å². The first-order valence-electron chi connectivity index (χ1n) is 12.5. The maximum atomic E-state index is 14.2. The minimum Gasteiger partial charge on any atom is -0.462 e. The van der Waals surface area contributed by atoms with Gasteiger partial charge in [0, 0.05) is 16.7 Å². The zero-order chi connectivity index (χ0) is 23.8. The number of anilines is 1. The van der Waals surface area contributed by atoms with E-state index in [1.165, 1.54) is 16.2 Å². The summed E-state index contributed by atoms with van der Waals surface area (Å²) in [6.45, 7) is 2.04. The maximum Gasteiger partial charge on any atom is 0.341 e. The Morgan fingerprint density at radius 3 is 1.91 bits per heavy atom. The molecule has 2 atom stereocenters. The molecule has 0 spiro atoms. The Kier molecular flexibility index (Phi) is 4.59. The van der Waals surface area contributed by atoms with Gasteiger partial charge in [0.05, 0.1) is 24.0 Å². The molecule has 1 saturated heterocycles. The van der Waals surface area contributed by atoms with Gasteiger partial charge in [0.1, 0.15) is 5.00 Å². The number of carbonyl (C=O) groups excluding carboxylic acids is 3. The second kappa shape index (κ2) is 7.62. The molecule has 2 heterocycles. The normalized spacial score (nSPS) is 25.7. The number of hydrogen-bond donors (Lipinski definition) is 0. The molecule has 176 valence electrons. The molecule has 0 unspecified atom stereocenters. The van der Waals surface area contributed by atoms with Crippen molar-refractivity contribution in [2.45, 2.75) is 44.4 Å². The Morgan fingerprint density at radius 2 is 1.40 bits per heavy atom. The van der Waals surface area contributed by atoms with E-state index in [0.29, 0.717) is 10.6 Å². The Labute approximate surface area is 207 Å². The van der Waals surface area contributed by atoms with Crippen molar-refractivity contribution in [3.05, 3.63) is 86.8 Å². The maximum absolute atomic E-state index is 14.2. The summed E-state index contributed by atoms with van der Waals surface area (Å²) in [5.74, 6) is -1.99. The van der Waals surface area contributed by atoms with Crippen molar-refractivity contribution >= 4 is 34.1 Å². The second-order valence-corrected chi connectivity index (χ2v) is 11.0. The van der Waals surface area contributed by atoms with Crippen LogP contribution in [0, 0.1) is 11.8 Å². The highest BCUT2D eigenvalue weighted by molar-refractivity contribution is 7.17. The van der Waals surface area contributed by atoms with Crippen LogP contribution in [-0.2, 0) is 27.2 Å². The molecule has 0 saturated carbocycles. The highest BCUT2D eigenvalue weighted by Crippen LogP contribution is 2.62. The van der Waals surface area contributed by atoms with E-state index in [9.17, 15) is 14.4 Å². The van der Waals surface area contributed by atoms with Crippen molar-refractivity contribution < 1.29 is 19.1 Å². The topological polar surface area (TPSA) is 63.7 Å². The van der Waals surface area contributed by atoms with Gasteiger partial charge in [0.2, 0.25) is 11.8 Å². The van der Waals surface area contributed by atoms with Crippen molar-refractivity contribution in [3.63, 3.8) is 0 Å². The Hall–Kier alpha value is -3.25. The number of benzene rings is 2. The molecule has 4 aliphatic carbocycles. The van der Waals surface area contributed by atoms with Gasteiger partial charge in [0.25, 0.3) is 0 Å². The molecule has 1 aromatic heterocycles. The third-order valence-electron chi connectivity index (χ3n) is 8.28. The number of esters is 1. The van der Waals surface area contributed by atoms with Crippen LogP contribution in [0.3, 0.4) is 0 Å². The highest BCUT2D eigenvalue weighted by Gasteiger charge is 2.62. The first kappa shape index (κ1) is 21.1. The van der Waals surface area contributed by atoms with Crippen molar-refractivity contribution in [1.82, 2.24) is 0 Å². The van der Waals surface area contributed by atoms with E-state index in [4.69, 9.17) is 4.74 Å². The van der Waals surface area contributed by atoms with E-state index >= 15 is 0 Å².